The molecule has 6 fully saturated rings. The van der Waals surface area contributed by atoms with Crippen LogP contribution in [0.25, 0.3) is 0 Å². The summed E-state index contributed by atoms with van der Waals surface area (Å²) in [6.07, 6.45) is 10.2. The molecule has 6 aliphatic carbocycles. The zero-order valence-corrected chi connectivity index (χ0v) is 20.8. The lowest BCUT2D eigenvalue weighted by molar-refractivity contribution is -0.138. The summed E-state index contributed by atoms with van der Waals surface area (Å²) in [5.41, 5.74) is 0.288. The third-order valence-electron chi connectivity index (χ3n) is 9.70. The molecule has 1 aromatic rings. The third-order valence-corrected chi connectivity index (χ3v) is 9.70. The predicted octanol–water partition coefficient (Wildman–Crippen LogP) is 4.61. The minimum atomic E-state index is -0.521. The number of benzene rings is 1. The molecule has 190 valence electrons. The molecule has 0 heterocycles. The summed E-state index contributed by atoms with van der Waals surface area (Å²) in [5, 5.41) is 6.50. The third kappa shape index (κ3) is 4.09. The molecule has 1 aromatic carbocycles. The first-order valence-corrected chi connectivity index (χ1v) is 13.5. The van der Waals surface area contributed by atoms with Gasteiger partial charge in [0, 0.05) is 17.6 Å². The summed E-state index contributed by atoms with van der Waals surface area (Å²) in [6, 6.07) is 2.52. The summed E-state index contributed by atoms with van der Waals surface area (Å²) in [5.74, 6) is 1.42. The fourth-order valence-electron chi connectivity index (χ4n) is 7.58. The van der Waals surface area contributed by atoms with Crippen molar-refractivity contribution in [1.82, 2.24) is 10.6 Å². The molecule has 2 amide bonds. The Morgan fingerprint density at radius 3 is 2.37 bits per heavy atom. The van der Waals surface area contributed by atoms with Crippen molar-refractivity contribution >= 4 is 11.8 Å². The quantitative estimate of drug-likeness (QED) is 0.593. The van der Waals surface area contributed by atoms with E-state index in [0.717, 1.165) is 70.1 Å². The smallest absolute Gasteiger partial charge is 0.255 e. The summed E-state index contributed by atoms with van der Waals surface area (Å²) < 4.78 is 26.2. The molecule has 0 unspecified atom stereocenters. The minimum Gasteiger partial charge on any atom is -0.496 e. The second kappa shape index (κ2) is 8.67. The Bertz CT molecular complexity index is 1000. The highest BCUT2D eigenvalue weighted by Crippen LogP contribution is 2.57. The fourth-order valence-corrected chi connectivity index (χ4v) is 7.58. The van der Waals surface area contributed by atoms with Crippen molar-refractivity contribution in [2.24, 2.45) is 29.6 Å². The van der Waals surface area contributed by atoms with E-state index in [4.69, 9.17) is 9.47 Å². The first-order chi connectivity index (χ1) is 16.8. The second-order valence-corrected chi connectivity index (χ2v) is 12.1. The molecular weight excluding hydrogens is 447 g/mol. The second-order valence-electron chi connectivity index (χ2n) is 12.1. The molecule has 0 aromatic heterocycles. The molecule has 0 spiro atoms. The van der Waals surface area contributed by atoms with Gasteiger partial charge < -0.3 is 20.1 Å². The van der Waals surface area contributed by atoms with E-state index in [-0.39, 0.29) is 52.5 Å². The van der Waals surface area contributed by atoms with E-state index >= 15 is 0 Å². The largest absolute Gasteiger partial charge is 0.496 e. The Kier molecular flexibility index (Phi) is 5.72. The van der Waals surface area contributed by atoms with Crippen molar-refractivity contribution in [2.45, 2.75) is 88.8 Å². The highest BCUT2D eigenvalue weighted by atomic mass is 19.1. The Morgan fingerprint density at radius 1 is 1.00 bits per heavy atom. The van der Waals surface area contributed by atoms with Crippen LogP contribution in [0.1, 0.15) is 81.5 Å². The maximum atomic E-state index is 14.8. The topological polar surface area (TPSA) is 76.7 Å². The van der Waals surface area contributed by atoms with Gasteiger partial charge in [0.15, 0.2) is 11.6 Å². The first kappa shape index (κ1) is 23.1. The number of methoxy groups -OCH3 is 1. The lowest BCUT2D eigenvalue weighted by atomic mass is 9.50. The van der Waals surface area contributed by atoms with E-state index in [9.17, 15) is 14.0 Å². The number of carbonyl (C=O) groups is 2. The Labute approximate surface area is 206 Å². The van der Waals surface area contributed by atoms with E-state index in [1.165, 1.54) is 19.2 Å². The Hall–Kier alpha value is -2.31. The van der Waals surface area contributed by atoms with Crippen LogP contribution >= 0.6 is 0 Å². The van der Waals surface area contributed by atoms with Gasteiger partial charge >= 0.3 is 0 Å². The van der Waals surface area contributed by atoms with E-state index in [1.807, 2.05) is 0 Å². The average molecular weight is 485 g/mol. The van der Waals surface area contributed by atoms with E-state index < -0.39 is 5.82 Å². The van der Waals surface area contributed by atoms with Crippen LogP contribution in [0.2, 0.25) is 0 Å². The molecular formula is C28H37FN2O4. The highest BCUT2D eigenvalue weighted by Gasteiger charge is 2.59. The van der Waals surface area contributed by atoms with Gasteiger partial charge in [0.2, 0.25) is 5.91 Å². The normalized spacial score (nSPS) is 38.8. The molecule has 7 heteroatoms. The molecule has 0 saturated heterocycles. The van der Waals surface area contributed by atoms with E-state index in [0.29, 0.717) is 17.8 Å². The van der Waals surface area contributed by atoms with Crippen molar-refractivity contribution in [3.8, 4) is 11.5 Å². The van der Waals surface area contributed by atoms with Gasteiger partial charge in [-0.15, -0.1) is 0 Å². The zero-order valence-electron chi connectivity index (χ0n) is 20.8. The minimum absolute atomic E-state index is 0.0292. The maximum Gasteiger partial charge on any atom is 0.255 e. The molecule has 0 aliphatic heterocycles. The van der Waals surface area contributed by atoms with Gasteiger partial charge in [0.1, 0.15) is 5.75 Å². The average Bonchev–Trinajstić information content (AvgIpc) is 3.39. The molecule has 35 heavy (non-hydrogen) atoms. The molecule has 6 nitrogen and oxygen atoms in total. The van der Waals surface area contributed by atoms with Crippen LogP contribution in [0.15, 0.2) is 12.1 Å². The number of nitrogens with one attached hydrogen (secondary N) is 2. The standard InChI is InChI=1S/C28H37FN2O4/c1-15-3-7-19(8-4-15)35-23-10-20(22(34-2)11-21(23)29)26(32)30-25-18-6-5-17(9-18)24(25)27(33)31-28-12-16(13-28)14-28/h10-11,15-19,24-25H,3-9,12-14H2,1-2H3,(H,30,32)(H,31,33)/t15?,16?,17-,18+,19?,24+,25-,28?/m1/s1. The summed E-state index contributed by atoms with van der Waals surface area (Å²) in [7, 11) is 1.44. The number of amides is 2. The van der Waals surface area contributed by atoms with Gasteiger partial charge in [-0.3, -0.25) is 9.59 Å². The molecule has 4 bridgehead atoms. The number of hydrogen-bond donors (Lipinski definition) is 2. The number of halogens is 1. The van der Waals surface area contributed by atoms with Gasteiger partial charge in [0.25, 0.3) is 5.91 Å². The van der Waals surface area contributed by atoms with Crippen LogP contribution in [0, 0.1) is 35.4 Å². The van der Waals surface area contributed by atoms with Crippen LogP contribution in [-0.2, 0) is 4.79 Å². The molecule has 7 rings (SSSR count). The van der Waals surface area contributed by atoms with Crippen molar-refractivity contribution in [2.75, 3.05) is 7.11 Å². The number of hydrogen-bond acceptors (Lipinski definition) is 4. The fraction of sp³-hybridized carbons (Fsp3) is 0.714. The first-order valence-electron chi connectivity index (χ1n) is 13.5. The monoisotopic (exact) mass is 484 g/mol. The number of carbonyl (C=O) groups excluding carboxylic acids is 2. The predicted molar refractivity (Wildman–Crippen MR) is 129 cm³/mol. The van der Waals surface area contributed by atoms with Crippen LogP contribution in [0.3, 0.4) is 0 Å². The number of rotatable bonds is 7. The van der Waals surface area contributed by atoms with Crippen molar-refractivity contribution < 1.29 is 23.5 Å². The maximum absolute atomic E-state index is 14.8. The molecule has 6 saturated carbocycles. The van der Waals surface area contributed by atoms with Gasteiger partial charge in [-0.1, -0.05) is 6.92 Å². The number of ether oxygens (including phenoxy) is 2. The molecule has 6 aliphatic rings. The van der Waals surface area contributed by atoms with Gasteiger partial charge in [-0.05, 0) is 93.9 Å². The molecule has 4 atom stereocenters. The summed E-state index contributed by atoms with van der Waals surface area (Å²) in [6.45, 7) is 2.23. The lowest BCUT2D eigenvalue weighted by Crippen LogP contribution is -2.69. The molecule has 0 radical (unpaired) electrons. The summed E-state index contributed by atoms with van der Waals surface area (Å²) >= 11 is 0. The molecule has 2 N–H and O–H groups in total. The SMILES string of the molecule is COc1cc(F)c(OC2CCC(C)CC2)cc1C(=O)N[C@@H]1[C@H]2CC[C@H](C2)[C@@H]1C(=O)NC12CC(C1)C2. The number of fused-ring (bicyclic) bond motifs is 2. The summed E-state index contributed by atoms with van der Waals surface area (Å²) in [4.78, 5) is 26.8. The Morgan fingerprint density at radius 2 is 1.71 bits per heavy atom. The van der Waals surface area contributed by atoms with Crippen LogP contribution < -0.4 is 20.1 Å². The van der Waals surface area contributed by atoms with Gasteiger partial charge in [-0.25, -0.2) is 4.39 Å². The van der Waals surface area contributed by atoms with Crippen LogP contribution in [0.5, 0.6) is 11.5 Å². The van der Waals surface area contributed by atoms with Crippen molar-refractivity contribution in [3.05, 3.63) is 23.5 Å². The van der Waals surface area contributed by atoms with Crippen LogP contribution in [-0.4, -0.2) is 36.6 Å². The van der Waals surface area contributed by atoms with E-state index in [2.05, 4.69) is 17.6 Å². The van der Waals surface area contributed by atoms with Crippen molar-refractivity contribution in [1.29, 1.82) is 0 Å². The van der Waals surface area contributed by atoms with Gasteiger partial charge in [-0.2, -0.15) is 0 Å². The lowest BCUT2D eigenvalue weighted by Gasteiger charge is -2.62. The van der Waals surface area contributed by atoms with Gasteiger partial charge in [0.05, 0.1) is 24.7 Å². The van der Waals surface area contributed by atoms with E-state index in [1.54, 1.807) is 0 Å². The van der Waals surface area contributed by atoms with Crippen LogP contribution in [0.4, 0.5) is 4.39 Å². The zero-order chi connectivity index (χ0) is 24.3. The Balaban J connectivity index is 1.19. The highest BCUT2D eigenvalue weighted by molar-refractivity contribution is 5.98. The van der Waals surface area contributed by atoms with Crippen molar-refractivity contribution in [3.63, 3.8) is 0 Å².